The number of halogens is 1. The van der Waals surface area contributed by atoms with Crippen LogP contribution in [0.2, 0.25) is 0 Å². The summed E-state index contributed by atoms with van der Waals surface area (Å²) in [5.74, 6) is 0.622. The van der Waals surface area contributed by atoms with E-state index in [0.717, 1.165) is 12.3 Å². The summed E-state index contributed by atoms with van der Waals surface area (Å²) >= 11 is 0. The number of unbranched alkanes of at least 4 members (excludes halogenated alkanes) is 1. The van der Waals surface area contributed by atoms with Gasteiger partial charge in [0.1, 0.15) is 5.82 Å². The molecule has 0 aliphatic heterocycles. The zero-order valence-corrected chi connectivity index (χ0v) is 12.2. The molecule has 0 amide bonds. The first-order chi connectivity index (χ1) is 9.20. The molecule has 19 heavy (non-hydrogen) atoms. The van der Waals surface area contributed by atoms with Gasteiger partial charge in [-0.15, -0.1) is 0 Å². The maximum absolute atomic E-state index is 13.0. The van der Waals surface area contributed by atoms with E-state index in [1.54, 1.807) is 12.1 Å². The van der Waals surface area contributed by atoms with Crippen molar-refractivity contribution >= 4 is 0 Å². The summed E-state index contributed by atoms with van der Waals surface area (Å²) < 4.78 is 13.0. The lowest BCUT2D eigenvalue weighted by Crippen LogP contribution is -2.34. The standard InChI is InChI=1S/C17H26FN/c1-3-4-7-17(14-9-11-15(18)12-10-14)19-16-8-5-6-13(16)2/h9-13,16-17,19H,3-8H2,1-2H3. The van der Waals surface area contributed by atoms with E-state index >= 15 is 0 Å². The van der Waals surface area contributed by atoms with Crippen LogP contribution in [0.4, 0.5) is 4.39 Å². The molecule has 106 valence electrons. The Labute approximate surface area is 116 Å². The second kappa shape index (κ2) is 7.04. The number of nitrogens with one attached hydrogen (secondary N) is 1. The molecule has 1 saturated carbocycles. The summed E-state index contributed by atoms with van der Waals surface area (Å²) in [6.07, 6.45) is 7.52. The summed E-state index contributed by atoms with van der Waals surface area (Å²) in [7, 11) is 0. The lowest BCUT2D eigenvalue weighted by molar-refractivity contribution is 0.358. The minimum atomic E-state index is -0.146. The molecule has 0 heterocycles. The Morgan fingerprint density at radius 1 is 1.26 bits per heavy atom. The molecule has 3 atom stereocenters. The van der Waals surface area contributed by atoms with Crippen LogP contribution >= 0.6 is 0 Å². The van der Waals surface area contributed by atoms with Crippen LogP contribution in [0.1, 0.15) is 64.0 Å². The molecular formula is C17H26FN. The van der Waals surface area contributed by atoms with Gasteiger partial charge in [-0.25, -0.2) is 4.39 Å². The average Bonchev–Trinajstić information content (AvgIpc) is 2.81. The van der Waals surface area contributed by atoms with Gasteiger partial charge < -0.3 is 5.32 Å². The molecule has 1 nitrogen and oxygen atoms in total. The quantitative estimate of drug-likeness (QED) is 0.774. The van der Waals surface area contributed by atoms with Crippen molar-refractivity contribution < 1.29 is 4.39 Å². The Balaban J connectivity index is 2.04. The summed E-state index contributed by atoms with van der Waals surface area (Å²) in [6, 6.07) is 8.03. The van der Waals surface area contributed by atoms with Crippen molar-refractivity contribution in [2.24, 2.45) is 5.92 Å². The third-order valence-corrected chi connectivity index (χ3v) is 4.40. The van der Waals surface area contributed by atoms with Crippen molar-refractivity contribution in [1.82, 2.24) is 5.32 Å². The monoisotopic (exact) mass is 263 g/mol. The van der Waals surface area contributed by atoms with Crippen molar-refractivity contribution in [1.29, 1.82) is 0 Å². The highest BCUT2D eigenvalue weighted by atomic mass is 19.1. The highest BCUT2D eigenvalue weighted by molar-refractivity contribution is 5.20. The van der Waals surface area contributed by atoms with Crippen LogP contribution in [0.25, 0.3) is 0 Å². The average molecular weight is 263 g/mol. The second-order valence-corrected chi connectivity index (χ2v) is 5.93. The van der Waals surface area contributed by atoms with Crippen LogP contribution in [0.15, 0.2) is 24.3 Å². The summed E-state index contributed by atoms with van der Waals surface area (Å²) in [5.41, 5.74) is 1.23. The van der Waals surface area contributed by atoms with Crippen LogP contribution in [0, 0.1) is 11.7 Å². The highest BCUT2D eigenvalue weighted by Crippen LogP contribution is 2.29. The van der Waals surface area contributed by atoms with E-state index in [4.69, 9.17) is 0 Å². The largest absolute Gasteiger partial charge is 0.307 e. The molecule has 3 unspecified atom stereocenters. The van der Waals surface area contributed by atoms with Crippen molar-refractivity contribution in [2.75, 3.05) is 0 Å². The van der Waals surface area contributed by atoms with Gasteiger partial charge >= 0.3 is 0 Å². The van der Waals surface area contributed by atoms with Crippen LogP contribution in [0.5, 0.6) is 0 Å². The molecule has 2 rings (SSSR count). The van der Waals surface area contributed by atoms with Crippen LogP contribution in [-0.2, 0) is 0 Å². The van der Waals surface area contributed by atoms with E-state index in [1.807, 2.05) is 12.1 Å². The SMILES string of the molecule is CCCCC(NC1CCCC1C)c1ccc(F)cc1. The molecule has 0 radical (unpaired) electrons. The van der Waals surface area contributed by atoms with Crippen LogP contribution in [0.3, 0.4) is 0 Å². The fourth-order valence-corrected chi connectivity index (χ4v) is 3.10. The van der Waals surface area contributed by atoms with Gasteiger partial charge in [-0.2, -0.15) is 0 Å². The lowest BCUT2D eigenvalue weighted by atomic mass is 9.98. The minimum absolute atomic E-state index is 0.146. The fourth-order valence-electron chi connectivity index (χ4n) is 3.10. The number of benzene rings is 1. The smallest absolute Gasteiger partial charge is 0.123 e. The van der Waals surface area contributed by atoms with E-state index in [-0.39, 0.29) is 5.82 Å². The van der Waals surface area contributed by atoms with Gasteiger partial charge in [-0.05, 0) is 42.9 Å². The molecule has 1 aliphatic carbocycles. The van der Waals surface area contributed by atoms with Gasteiger partial charge in [-0.3, -0.25) is 0 Å². The van der Waals surface area contributed by atoms with Crippen molar-refractivity contribution in [2.45, 2.75) is 64.5 Å². The third-order valence-electron chi connectivity index (χ3n) is 4.40. The van der Waals surface area contributed by atoms with Gasteiger partial charge in [0.2, 0.25) is 0 Å². The third kappa shape index (κ3) is 4.04. The summed E-state index contributed by atoms with van der Waals surface area (Å²) in [6.45, 7) is 4.56. The number of rotatable bonds is 6. The van der Waals surface area contributed by atoms with Gasteiger partial charge in [0.15, 0.2) is 0 Å². The van der Waals surface area contributed by atoms with Crippen molar-refractivity contribution in [3.8, 4) is 0 Å². The number of hydrogen-bond donors (Lipinski definition) is 1. The van der Waals surface area contributed by atoms with Gasteiger partial charge in [-0.1, -0.05) is 45.2 Å². The Hall–Kier alpha value is -0.890. The molecule has 1 aromatic carbocycles. The number of hydrogen-bond acceptors (Lipinski definition) is 1. The first-order valence-corrected chi connectivity index (χ1v) is 7.72. The molecule has 1 N–H and O–H groups in total. The maximum atomic E-state index is 13.0. The molecule has 1 aromatic rings. The molecular weight excluding hydrogens is 237 g/mol. The molecule has 0 bridgehead atoms. The first kappa shape index (κ1) is 14.5. The van der Waals surface area contributed by atoms with Crippen LogP contribution in [-0.4, -0.2) is 6.04 Å². The Kier molecular flexibility index (Phi) is 5.38. The minimum Gasteiger partial charge on any atom is -0.307 e. The van der Waals surface area contributed by atoms with Crippen LogP contribution < -0.4 is 5.32 Å². The molecule has 2 heteroatoms. The predicted molar refractivity (Wildman–Crippen MR) is 78.6 cm³/mol. The fraction of sp³-hybridized carbons (Fsp3) is 0.647. The summed E-state index contributed by atoms with van der Waals surface area (Å²) in [5, 5.41) is 3.81. The molecule has 1 aliphatic rings. The molecule has 0 spiro atoms. The summed E-state index contributed by atoms with van der Waals surface area (Å²) in [4.78, 5) is 0. The zero-order valence-electron chi connectivity index (χ0n) is 12.2. The first-order valence-electron chi connectivity index (χ1n) is 7.72. The Morgan fingerprint density at radius 2 is 2.00 bits per heavy atom. The van der Waals surface area contributed by atoms with E-state index in [2.05, 4.69) is 19.2 Å². The lowest BCUT2D eigenvalue weighted by Gasteiger charge is -2.26. The normalized spacial score (nSPS) is 24.6. The van der Waals surface area contributed by atoms with E-state index in [9.17, 15) is 4.39 Å². The highest BCUT2D eigenvalue weighted by Gasteiger charge is 2.25. The Morgan fingerprint density at radius 3 is 2.58 bits per heavy atom. The molecule has 0 aromatic heterocycles. The van der Waals surface area contributed by atoms with E-state index < -0.39 is 0 Å². The zero-order chi connectivity index (χ0) is 13.7. The van der Waals surface area contributed by atoms with Crippen molar-refractivity contribution in [3.63, 3.8) is 0 Å². The van der Waals surface area contributed by atoms with Crippen molar-refractivity contribution in [3.05, 3.63) is 35.6 Å². The van der Waals surface area contributed by atoms with E-state index in [1.165, 1.54) is 37.7 Å². The van der Waals surface area contributed by atoms with Gasteiger partial charge in [0, 0.05) is 12.1 Å². The maximum Gasteiger partial charge on any atom is 0.123 e. The molecule has 0 saturated heterocycles. The van der Waals surface area contributed by atoms with Gasteiger partial charge in [0.05, 0.1) is 0 Å². The predicted octanol–water partition coefficient (Wildman–Crippen LogP) is 4.84. The van der Waals surface area contributed by atoms with E-state index in [0.29, 0.717) is 12.1 Å². The topological polar surface area (TPSA) is 12.0 Å². The molecule has 1 fully saturated rings. The Bertz CT molecular complexity index is 373. The second-order valence-electron chi connectivity index (χ2n) is 5.93. The van der Waals surface area contributed by atoms with Gasteiger partial charge in [0.25, 0.3) is 0 Å².